The van der Waals surface area contributed by atoms with Gasteiger partial charge in [-0.15, -0.1) is 0 Å². The Balaban J connectivity index is 1.65. The molecule has 126 valence electrons. The van der Waals surface area contributed by atoms with E-state index in [0.29, 0.717) is 33.7 Å². The van der Waals surface area contributed by atoms with E-state index in [0.717, 1.165) is 19.4 Å². The van der Waals surface area contributed by atoms with Gasteiger partial charge in [-0.3, -0.25) is 4.79 Å². The average Bonchev–Trinajstić information content (AvgIpc) is 3.09. The van der Waals surface area contributed by atoms with Crippen molar-refractivity contribution < 1.29 is 14.3 Å². The Labute approximate surface area is 150 Å². The molecule has 2 aromatic rings. The van der Waals surface area contributed by atoms with Crippen LogP contribution in [0.3, 0.4) is 0 Å². The summed E-state index contributed by atoms with van der Waals surface area (Å²) in [7, 11) is 0. The summed E-state index contributed by atoms with van der Waals surface area (Å²) in [5, 5.41) is 3.68. The largest absolute Gasteiger partial charge is 0.491 e. The van der Waals surface area contributed by atoms with Crippen molar-refractivity contribution in [1.29, 1.82) is 0 Å². The van der Waals surface area contributed by atoms with Crippen LogP contribution < -0.4 is 10.1 Å². The second-order valence-electron chi connectivity index (χ2n) is 5.55. The Bertz CT molecular complexity index is 730. The predicted molar refractivity (Wildman–Crippen MR) is 95.3 cm³/mol. The summed E-state index contributed by atoms with van der Waals surface area (Å²) in [5.74, 6) is 0.377. The third-order valence-corrected chi connectivity index (χ3v) is 4.28. The number of rotatable bonds is 5. The first kappa shape index (κ1) is 17.1. The van der Waals surface area contributed by atoms with Gasteiger partial charge in [-0.1, -0.05) is 29.3 Å². The number of carbonyl (C=O) groups excluding carboxylic acids is 1. The van der Waals surface area contributed by atoms with E-state index in [1.54, 1.807) is 36.4 Å². The maximum absolute atomic E-state index is 12.4. The molecule has 1 saturated heterocycles. The number of benzene rings is 2. The molecule has 4 nitrogen and oxygen atoms in total. The highest BCUT2D eigenvalue weighted by Crippen LogP contribution is 2.26. The van der Waals surface area contributed by atoms with E-state index in [1.165, 1.54) is 0 Å². The lowest BCUT2D eigenvalue weighted by atomic mass is 10.2. The van der Waals surface area contributed by atoms with Gasteiger partial charge in [0.25, 0.3) is 5.91 Å². The van der Waals surface area contributed by atoms with Gasteiger partial charge in [0.2, 0.25) is 0 Å². The number of nitrogens with one attached hydrogen (secondary N) is 1. The normalized spacial score (nSPS) is 16.8. The number of carbonyl (C=O) groups is 1. The lowest BCUT2D eigenvalue weighted by Crippen LogP contribution is -2.17. The minimum Gasteiger partial charge on any atom is -0.491 e. The molecule has 3 rings (SSSR count). The summed E-state index contributed by atoms with van der Waals surface area (Å²) in [4.78, 5) is 12.4. The highest BCUT2D eigenvalue weighted by Gasteiger charge is 2.16. The molecule has 1 N–H and O–H groups in total. The molecule has 1 amide bonds. The van der Waals surface area contributed by atoms with Gasteiger partial charge in [-0.2, -0.15) is 0 Å². The van der Waals surface area contributed by atoms with Crippen LogP contribution in [0.4, 0.5) is 5.69 Å². The summed E-state index contributed by atoms with van der Waals surface area (Å²) in [5.41, 5.74) is 1.00. The summed E-state index contributed by atoms with van der Waals surface area (Å²) >= 11 is 11.9. The van der Waals surface area contributed by atoms with Crippen LogP contribution in [0.5, 0.6) is 5.75 Å². The van der Waals surface area contributed by atoms with Crippen molar-refractivity contribution in [2.75, 3.05) is 18.5 Å². The summed E-state index contributed by atoms with van der Waals surface area (Å²) < 4.78 is 11.2. The number of hydrogen-bond acceptors (Lipinski definition) is 3. The molecule has 1 heterocycles. The van der Waals surface area contributed by atoms with Crippen molar-refractivity contribution in [1.82, 2.24) is 0 Å². The smallest absolute Gasteiger partial charge is 0.255 e. The van der Waals surface area contributed by atoms with Crippen LogP contribution in [0.2, 0.25) is 10.0 Å². The van der Waals surface area contributed by atoms with E-state index in [2.05, 4.69) is 5.32 Å². The summed E-state index contributed by atoms with van der Waals surface area (Å²) in [6, 6.07) is 11.9. The van der Waals surface area contributed by atoms with Gasteiger partial charge in [0.05, 0.1) is 16.8 Å². The maximum atomic E-state index is 12.4. The van der Waals surface area contributed by atoms with E-state index >= 15 is 0 Å². The first-order valence-electron chi connectivity index (χ1n) is 7.73. The molecule has 24 heavy (non-hydrogen) atoms. The standard InChI is InChI=1S/C18H17Cl2NO3/c19-13-6-7-17(16(20)10-13)21-18(22)12-3-1-4-14(9-12)24-11-15-5-2-8-23-15/h1,3-4,6-7,9-10,15H,2,5,8,11H2,(H,21,22). The van der Waals surface area contributed by atoms with Crippen LogP contribution in [-0.2, 0) is 4.74 Å². The third-order valence-electron chi connectivity index (χ3n) is 3.74. The Morgan fingerprint density at radius 3 is 2.88 bits per heavy atom. The Kier molecular flexibility index (Phi) is 5.61. The van der Waals surface area contributed by atoms with E-state index in [9.17, 15) is 4.79 Å². The number of halogens is 2. The fourth-order valence-electron chi connectivity index (χ4n) is 2.48. The fraction of sp³-hybridized carbons (Fsp3) is 0.278. The van der Waals surface area contributed by atoms with E-state index < -0.39 is 0 Å². The zero-order chi connectivity index (χ0) is 16.9. The summed E-state index contributed by atoms with van der Waals surface area (Å²) in [6.45, 7) is 1.28. The zero-order valence-corrected chi connectivity index (χ0v) is 14.4. The average molecular weight is 366 g/mol. The minimum absolute atomic E-state index is 0.135. The van der Waals surface area contributed by atoms with Crippen LogP contribution in [0.15, 0.2) is 42.5 Å². The molecule has 0 saturated carbocycles. The zero-order valence-electron chi connectivity index (χ0n) is 12.9. The quantitative estimate of drug-likeness (QED) is 0.827. The van der Waals surface area contributed by atoms with Gasteiger partial charge in [0, 0.05) is 17.2 Å². The monoisotopic (exact) mass is 365 g/mol. The molecule has 2 aromatic carbocycles. The van der Waals surface area contributed by atoms with Gasteiger partial charge < -0.3 is 14.8 Å². The van der Waals surface area contributed by atoms with Crippen molar-refractivity contribution in [3.8, 4) is 5.75 Å². The molecular weight excluding hydrogens is 349 g/mol. The van der Waals surface area contributed by atoms with Crippen LogP contribution in [0.25, 0.3) is 0 Å². The number of anilines is 1. The van der Waals surface area contributed by atoms with Crippen LogP contribution in [0.1, 0.15) is 23.2 Å². The van der Waals surface area contributed by atoms with Crippen LogP contribution >= 0.6 is 23.2 Å². The van der Waals surface area contributed by atoms with Crippen LogP contribution in [-0.4, -0.2) is 25.2 Å². The SMILES string of the molecule is O=C(Nc1ccc(Cl)cc1Cl)c1cccc(OCC2CCCO2)c1. The molecule has 6 heteroatoms. The number of amides is 1. The third kappa shape index (κ3) is 4.41. The van der Waals surface area contributed by atoms with Crippen molar-refractivity contribution >= 4 is 34.8 Å². The Morgan fingerprint density at radius 2 is 2.12 bits per heavy atom. The van der Waals surface area contributed by atoms with Crippen molar-refractivity contribution in [3.05, 3.63) is 58.1 Å². The topological polar surface area (TPSA) is 47.6 Å². The van der Waals surface area contributed by atoms with Gasteiger partial charge in [0.1, 0.15) is 12.4 Å². The fourth-order valence-corrected chi connectivity index (χ4v) is 2.93. The molecule has 0 spiro atoms. The van der Waals surface area contributed by atoms with Gasteiger partial charge in [0.15, 0.2) is 0 Å². The van der Waals surface area contributed by atoms with Crippen molar-refractivity contribution in [3.63, 3.8) is 0 Å². The van der Waals surface area contributed by atoms with Gasteiger partial charge in [-0.25, -0.2) is 0 Å². The highest BCUT2D eigenvalue weighted by atomic mass is 35.5. The predicted octanol–water partition coefficient (Wildman–Crippen LogP) is 4.80. The van der Waals surface area contributed by atoms with Gasteiger partial charge in [-0.05, 0) is 49.2 Å². The van der Waals surface area contributed by atoms with E-state index in [4.69, 9.17) is 32.7 Å². The molecule has 0 aromatic heterocycles. The molecular formula is C18H17Cl2NO3. The molecule has 1 aliphatic heterocycles. The van der Waals surface area contributed by atoms with Crippen LogP contribution in [0, 0.1) is 0 Å². The summed E-state index contributed by atoms with van der Waals surface area (Å²) in [6.07, 6.45) is 2.21. The lowest BCUT2D eigenvalue weighted by molar-refractivity contribution is 0.0679. The van der Waals surface area contributed by atoms with E-state index in [1.807, 2.05) is 6.07 Å². The number of hydrogen-bond donors (Lipinski definition) is 1. The Hall–Kier alpha value is -1.75. The van der Waals surface area contributed by atoms with Crippen molar-refractivity contribution in [2.45, 2.75) is 18.9 Å². The van der Waals surface area contributed by atoms with Gasteiger partial charge >= 0.3 is 0 Å². The molecule has 0 bridgehead atoms. The second kappa shape index (κ2) is 7.88. The first-order valence-corrected chi connectivity index (χ1v) is 8.48. The minimum atomic E-state index is -0.262. The number of ether oxygens (including phenoxy) is 2. The molecule has 1 atom stereocenters. The van der Waals surface area contributed by atoms with Crippen molar-refractivity contribution in [2.24, 2.45) is 0 Å². The second-order valence-corrected chi connectivity index (χ2v) is 6.40. The molecule has 0 aliphatic carbocycles. The van der Waals surface area contributed by atoms with E-state index in [-0.39, 0.29) is 12.0 Å². The molecule has 1 unspecified atom stereocenters. The molecule has 1 aliphatic rings. The Morgan fingerprint density at radius 1 is 1.25 bits per heavy atom. The maximum Gasteiger partial charge on any atom is 0.255 e. The lowest BCUT2D eigenvalue weighted by Gasteiger charge is -2.12. The molecule has 1 fully saturated rings. The molecule has 0 radical (unpaired) electrons. The highest BCUT2D eigenvalue weighted by molar-refractivity contribution is 6.36. The first-order chi connectivity index (χ1) is 11.6.